The summed E-state index contributed by atoms with van der Waals surface area (Å²) in [5.41, 5.74) is 0.171. The molecule has 2 aromatic rings. The van der Waals surface area contributed by atoms with Gasteiger partial charge in [0, 0.05) is 10.7 Å². The molecule has 0 aromatic carbocycles. The van der Waals surface area contributed by atoms with Crippen molar-refractivity contribution in [1.82, 2.24) is 25.4 Å². The minimum atomic E-state index is -1.22. The lowest BCUT2D eigenvalue weighted by atomic mass is 10.0. The van der Waals surface area contributed by atoms with Gasteiger partial charge in [0.05, 0.1) is 12.1 Å². The number of aromatic nitrogens is 3. The van der Waals surface area contributed by atoms with Gasteiger partial charge in [0.1, 0.15) is 26.5 Å². The predicted molar refractivity (Wildman–Crippen MR) is 121 cm³/mol. The molecule has 1 saturated heterocycles. The molecule has 0 radical (unpaired) electrons. The van der Waals surface area contributed by atoms with Crippen molar-refractivity contribution in [3.63, 3.8) is 0 Å². The average molecular weight is 533 g/mol. The normalized spacial score (nSPS) is 19.9. The van der Waals surface area contributed by atoms with Gasteiger partial charge >= 0.3 is 5.97 Å². The zero-order valence-corrected chi connectivity index (χ0v) is 20.0. The van der Waals surface area contributed by atoms with Gasteiger partial charge in [0.25, 0.3) is 5.91 Å². The number of nitrogens with one attached hydrogen (secondary N) is 2. The van der Waals surface area contributed by atoms with E-state index >= 15 is 0 Å². The van der Waals surface area contributed by atoms with Crippen LogP contribution in [0.1, 0.15) is 10.7 Å². The molecule has 4 rings (SSSR count). The number of β-lactam (4-membered cyclic amide) rings is 1. The van der Waals surface area contributed by atoms with E-state index in [1.807, 2.05) is 0 Å². The molecule has 3 amide bonds. The fraction of sp³-hybridized carbons (Fsp3) is 0.312. The maximum Gasteiger partial charge on any atom is 0.353 e. The number of rotatable bonds is 8. The zero-order chi connectivity index (χ0) is 23.0. The molecule has 4 heterocycles. The van der Waals surface area contributed by atoms with Gasteiger partial charge in [-0.05, 0) is 6.92 Å². The molecule has 0 bridgehead atoms. The van der Waals surface area contributed by atoms with Crippen LogP contribution in [0.25, 0.3) is 0 Å². The van der Waals surface area contributed by atoms with Crippen molar-refractivity contribution in [2.24, 2.45) is 0 Å². The number of hydrogen-bond donors (Lipinski definition) is 3. The number of carbonyl (C=O) groups is 4. The molecular weight excluding hydrogens is 520 g/mol. The van der Waals surface area contributed by atoms with E-state index in [4.69, 9.17) is 11.6 Å². The molecule has 32 heavy (non-hydrogen) atoms. The van der Waals surface area contributed by atoms with Gasteiger partial charge in [-0.3, -0.25) is 19.3 Å². The van der Waals surface area contributed by atoms with Gasteiger partial charge in [-0.25, -0.2) is 9.78 Å². The number of carbonyl (C=O) groups excluding carboxylic acids is 3. The summed E-state index contributed by atoms with van der Waals surface area (Å²) in [6, 6.07) is -0.859. The van der Waals surface area contributed by atoms with Crippen molar-refractivity contribution < 1.29 is 24.3 Å². The van der Waals surface area contributed by atoms with Crippen molar-refractivity contribution in [2.45, 2.75) is 29.1 Å². The van der Waals surface area contributed by atoms with Crippen LogP contribution in [0.3, 0.4) is 0 Å². The molecular formula is C16H13ClN6O5S4. The molecule has 2 atom stereocenters. The molecule has 3 N–H and O–H groups in total. The van der Waals surface area contributed by atoms with E-state index in [1.165, 1.54) is 39.8 Å². The van der Waals surface area contributed by atoms with E-state index in [1.54, 1.807) is 6.92 Å². The molecule has 168 valence electrons. The summed E-state index contributed by atoms with van der Waals surface area (Å²) >= 11 is 10.9. The molecule has 16 heteroatoms. The van der Waals surface area contributed by atoms with E-state index in [0.717, 1.165) is 16.3 Å². The molecule has 2 aliphatic heterocycles. The SMILES string of the molecule is Cc1nnc(SC2=C(C(=O)O)N3C(=O)[C@@H](NC(=O)Cc4nc(NC=O)sc4Cl)[C@@H]3SC2)s1. The number of hydrogen-bond acceptors (Lipinski definition) is 11. The van der Waals surface area contributed by atoms with Gasteiger partial charge in [-0.2, -0.15) is 0 Å². The number of carboxylic acid groups (broad SMARTS) is 1. The Kier molecular flexibility index (Phi) is 6.71. The smallest absolute Gasteiger partial charge is 0.353 e. The first-order valence-electron chi connectivity index (χ1n) is 8.82. The molecule has 0 aliphatic carbocycles. The average Bonchev–Trinajstić information content (AvgIpc) is 3.30. The number of aliphatic carboxylic acids is 1. The second kappa shape index (κ2) is 9.35. The molecule has 11 nitrogen and oxygen atoms in total. The predicted octanol–water partition coefficient (Wildman–Crippen LogP) is 1.56. The highest BCUT2D eigenvalue weighted by atomic mass is 35.5. The number of amides is 3. The highest BCUT2D eigenvalue weighted by Gasteiger charge is 2.54. The Balaban J connectivity index is 1.45. The number of anilines is 1. The summed E-state index contributed by atoms with van der Waals surface area (Å²) in [7, 11) is 0. The third kappa shape index (κ3) is 4.47. The van der Waals surface area contributed by atoms with Gasteiger partial charge in [0.2, 0.25) is 12.3 Å². The van der Waals surface area contributed by atoms with Crippen LogP contribution in [0.5, 0.6) is 0 Å². The number of fused-ring (bicyclic) bond motifs is 1. The number of nitrogens with zero attached hydrogens (tertiary/aromatic N) is 4. The molecule has 0 saturated carbocycles. The first-order valence-corrected chi connectivity index (χ1v) is 12.7. The van der Waals surface area contributed by atoms with Crippen LogP contribution < -0.4 is 10.6 Å². The monoisotopic (exact) mass is 532 g/mol. The standard InChI is InChI=1S/C16H13ClN6O5S4/c1-5-21-22-16(30-5)31-7-3-29-13-9(12(26)23(13)10(7)14(27)28)20-8(25)2-6-11(17)32-15(19-6)18-4-24/h4,9,13H,2-3H2,1H3,(H,20,25)(H,27,28)(H,18,19,24)/t9-,13+/m1/s1. The molecule has 0 unspecified atom stereocenters. The number of halogens is 1. The lowest BCUT2D eigenvalue weighted by molar-refractivity contribution is -0.150. The Bertz CT molecular complexity index is 1150. The lowest BCUT2D eigenvalue weighted by Gasteiger charge is -2.49. The Morgan fingerprint density at radius 1 is 1.38 bits per heavy atom. The van der Waals surface area contributed by atoms with Gasteiger partial charge in [-0.1, -0.05) is 46.0 Å². The second-order valence-corrected chi connectivity index (χ2v) is 11.6. The molecule has 1 fully saturated rings. The quantitative estimate of drug-likeness (QED) is 0.337. The largest absolute Gasteiger partial charge is 0.477 e. The maximum absolute atomic E-state index is 12.7. The van der Waals surface area contributed by atoms with Gasteiger partial charge in [-0.15, -0.1) is 22.0 Å². The number of thiazole rings is 1. The molecule has 2 aromatic heterocycles. The zero-order valence-electron chi connectivity index (χ0n) is 16.0. The summed E-state index contributed by atoms with van der Waals surface area (Å²) < 4.78 is 0.847. The first-order chi connectivity index (χ1) is 15.3. The fourth-order valence-corrected chi connectivity index (χ4v) is 7.48. The van der Waals surface area contributed by atoms with Crippen LogP contribution in [0, 0.1) is 6.92 Å². The van der Waals surface area contributed by atoms with E-state index in [0.29, 0.717) is 21.4 Å². The number of thioether (sulfide) groups is 2. The Labute approximate surface area is 202 Å². The van der Waals surface area contributed by atoms with Crippen molar-refractivity contribution in [2.75, 3.05) is 11.1 Å². The Hall–Kier alpha value is -2.20. The first kappa shape index (κ1) is 23.0. The minimum absolute atomic E-state index is 0.103. The van der Waals surface area contributed by atoms with Crippen molar-refractivity contribution in [3.8, 4) is 0 Å². The fourth-order valence-electron chi connectivity index (χ4n) is 3.03. The van der Waals surface area contributed by atoms with Crippen LogP contribution in [0.4, 0.5) is 5.13 Å². The lowest BCUT2D eigenvalue weighted by Crippen LogP contribution is -2.70. The highest BCUT2D eigenvalue weighted by Crippen LogP contribution is 2.45. The minimum Gasteiger partial charge on any atom is -0.477 e. The topological polar surface area (TPSA) is 154 Å². The molecule has 0 spiro atoms. The Morgan fingerprint density at radius 3 is 2.81 bits per heavy atom. The van der Waals surface area contributed by atoms with Crippen LogP contribution in [0.15, 0.2) is 14.9 Å². The summed E-state index contributed by atoms with van der Waals surface area (Å²) in [6.07, 6.45) is 0.267. The van der Waals surface area contributed by atoms with E-state index in [2.05, 4.69) is 25.8 Å². The molecule has 2 aliphatic rings. The number of aryl methyl sites for hydroxylation is 1. The third-order valence-electron chi connectivity index (χ3n) is 4.33. The van der Waals surface area contributed by atoms with E-state index < -0.39 is 29.2 Å². The van der Waals surface area contributed by atoms with Crippen molar-refractivity contribution >= 4 is 87.1 Å². The summed E-state index contributed by atoms with van der Waals surface area (Å²) in [6.45, 7) is 1.80. The second-order valence-electron chi connectivity index (χ2n) is 6.40. The maximum atomic E-state index is 12.7. The van der Waals surface area contributed by atoms with Crippen molar-refractivity contribution in [1.29, 1.82) is 0 Å². The summed E-state index contributed by atoms with van der Waals surface area (Å²) in [5, 5.41) is 23.1. The van der Waals surface area contributed by atoms with E-state index in [-0.39, 0.29) is 27.3 Å². The summed E-state index contributed by atoms with van der Waals surface area (Å²) in [4.78, 5) is 53.4. The van der Waals surface area contributed by atoms with Crippen molar-refractivity contribution in [3.05, 3.63) is 25.6 Å². The third-order valence-corrected chi connectivity index (χ3v) is 9.03. The van der Waals surface area contributed by atoms with Crippen LogP contribution in [-0.4, -0.2) is 66.6 Å². The van der Waals surface area contributed by atoms with Crippen LogP contribution in [0.2, 0.25) is 4.34 Å². The van der Waals surface area contributed by atoms with Crippen LogP contribution >= 0.6 is 57.8 Å². The Morgan fingerprint density at radius 2 is 2.16 bits per heavy atom. The number of carboxylic acids is 1. The van der Waals surface area contributed by atoms with Gasteiger partial charge in [0.15, 0.2) is 9.47 Å². The highest BCUT2D eigenvalue weighted by molar-refractivity contribution is 8.07. The van der Waals surface area contributed by atoms with Crippen LogP contribution in [-0.2, 0) is 25.6 Å². The summed E-state index contributed by atoms with van der Waals surface area (Å²) in [5.74, 6) is -1.86. The van der Waals surface area contributed by atoms with Gasteiger partial charge < -0.3 is 15.7 Å². The van der Waals surface area contributed by atoms with E-state index in [9.17, 15) is 24.3 Å².